The largest absolute Gasteiger partial charge is 0.256 e. The molecule has 0 aliphatic heterocycles. The van der Waals surface area contributed by atoms with Gasteiger partial charge in [-0.2, -0.15) is 11.3 Å². The van der Waals surface area contributed by atoms with Crippen molar-refractivity contribution >= 4 is 21.4 Å². The fraction of sp³-hybridized carbons (Fsp3) is 0.125. The quantitative estimate of drug-likeness (QED) is 0.746. The minimum atomic E-state index is -3.43. The number of hydrogen-bond acceptors (Lipinski definition) is 5. The summed E-state index contributed by atoms with van der Waals surface area (Å²) in [5, 5.41) is 3.92. The van der Waals surface area contributed by atoms with Gasteiger partial charge in [0, 0.05) is 23.3 Å². The third-order valence-electron chi connectivity index (χ3n) is 3.23. The second kappa shape index (κ2) is 6.99. The molecule has 2 heterocycles. The number of hydrogen-bond donors (Lipinski definition) is 1. The fourth-order valence-corrected chi connectivity index (χ4v) is 3.89. The van der Waals surface area contributed by atoms with Gasteiger partial charge < -0.3 is 0 Å². The van der Waals surface area contributed by atoms with Crippen LogP contribution in [0.15, 0.2) is 59.6 Å². The second-order valence-corrected chi connectivity index (χ2v) is 7.52. The van der Waals surface area contributed by atoms with Crippen LogP contribution in [0.4, 0.5) is 0 Å². The van der Waals surface area contributed by atoms with Crippen molar-refractivity contribution in [2.24, 2.45) is 0 Å². The van der Waals surface area contributed by atoms with Gasteiger partial charge in [-0.05, 0) is 17.0 Å². The van der Waals surface area contributed by atoms with Crippen LogP contribution in [0.5, 0.6) is 0 Å². The first-order valence-electron chi connectivity index (χ1n) is 6.98. The average molecular weight is 345 g/mol. The molecule has 23 heavy (non-hydrogen) atoms. The highest BCUT2D eigenvalue weighted by molar-refractivity contribution is 7.88. The molecule has 0 unspecified atom stereocenters. The van der Waals surface area contributed by atoms with Gasteiger partial charge in [0.15, 0.2) is 0 Å². The minimum absolute atomic E-state index is 0.0537. The van der Waals surface area contributed by atoms with Crippen molar-refractivity contribution in [1.29, 1.82) is 0 Å². The van der Waals surface area contributed by atoms with Crippen LogP contribution >= 0.6 is 11.3 Å². The molecule has 0 radical (unpaired) electrons. The van der Waals surface area contributed by atoms with E-state index in [-0.39, 0.29) is 12.3 Å². The van der Waals surface area contributed by atoms with Gasteiger partial charge in [0.2, 0.25) is 10.0 Å². The molecule has 0 spiro atoms. The Morgan fingerprint density at radius 3 is 2.57 bits per heavy atom. The second-order valence-electron chi connectivity index (χ2n) is 4.93. The van der Waals surface area contributed by atoms with Gasteiger partial charge in [0.05, 0.1) is 23.7 Å². The first kappa shape index (κ1) is 15.8. The zero-order valence-corrected chi connectivity index (χ0v) is 13.8. The van der Waals surface area contributed by atoms with Gasteiger partial charge in [-0.1, -0.05) is 30.3 Å². The lowest BCUT2D eigenvalue weighted by molar-refractivity contribution is 0.579. The van der Waals surface area contributed by atoms with Crippen LogP contribution in [0, 0.1) is 0 Å². The fourth-order valence-electron chi connectivity index (χ4n) is 2.16. The Balaban J connectivity index is 1.74. The SMILES string of the molecule is O=S(=O)(Cc1ccccc1)NCc1nccnc1-c1ccsc1. The van der Waals surface area contributed by atoms with E-state index in [1.807, 2.05) is 35.0 Å². The molecule has 1 aromatic carbocycles. The van der Waals surface area contributed by atoms with Crippen LogP contribution in [-0.4, -0.2) is 18.4 Å². The lowest BCUT2D eigenvalue weighted by Gasteiger charge is -2.09. The van der Waals surface area contributed by atoms with Crippen LogP contribution in [0.2, 0.25) is 0 Å². The summed E-state index contributed by atoms with van der Waals surface area (Å²) in [7, 11) is -3.43. The van der Waals surface area contributed by atoms with Gasteiger partial charge >= 0.3 is 0 Å². The Kier molecular flexibility index (Phi) is 4.80. The molecule has 5 nitrogen and oxygen atoms in total. The molecular formula is C16H15N3O2S2. The van der Waals surface area contributed by atoms with Gasteiger partial charge in [-0.25, -0.2) is 13.1 Å². The number of aromatic nitrogens is 2. The molecule has 1 N–H and O–H groups in total. The summed E-state index contributed by atoms with van der Waals surface area (Å²) in [5.41, 5.74) is 3.01. The lowest BCUT2D eigenvalue weighted by atomic mass is 10.2. The maximum Gasteiger partial charge on any atom is 0.216 e. The molecule has 3 aromatic rings. The topological polar surface area (TPSA) is 72.0 Å². The number of thiophene rings is 1. The van der Waals surface area contributed by atoms with E-state index in [4.69, 9.17) is 0 Å². The van der Waals surface area contributed by atoms with Crippen LogP contribution in [0.1, 0.15) is 11.3 Å². The summed E-state index contributed by atoms with van der Waals surface area (Å²) < 4.78 is 27.0. The lowest BCUT2D eigenvalue weighted by Crippen LogP contribution is -2.25. The van der Waals surface area contributed by atoms with E-state index in [0.717, 1.165) is 11.1 Å². The number of benzene rings is 1. The number of nitrogens with zero attached hydrogens (tertiary/aromatic N) is 2. The number of rotatable bonds is 6. The predicted molar refractivity (Wildman–Crippen MR) is 91.3 cm³/mol. The van der Waals surface area contributed by atoms with Crippen LogP contribution < -0.4 is 4.72 Å². The molecule has 7 heteroatoms. The van der Waals surface area contributed by atoms with Crippen LogP contribution in [0.25, 0.3) is 11.3 Å². The van der Waals surface area contributed by atoms with Gasteiger partial charge in [-0.15, -0.1) is 0 Å². The third kappa shape index (κ3) is 4.22. The number of nitrogens with one attached hydrogen (secondary N) is 1. The van der Waals surface area contributed by atoms with Crippen molar-refractivity contribution in [3.05, 3.63) is 70.8 Å². The van der Waals surface area contributed by atoms with Gasteiger partial charge in [0.1, 0.15) is 0 Å². The summed E-state index contributed by atoms with van der Waals surface area (Å²) in [5.74, 6) is -0.0537. The summed E-state index contributed by atoms with van der Waals surface area (Å²) in [4.78, 5) is 8.58. The minimum Gasteiger partial charge on any atom is -0.256 e. The van der Waals surface area contributed by atoms with Crippen molar-refractivity contribution in [3.8, 4) is 11.3 Å². The molecule has 0 aliphatic rings. The summed E-state index contributed by atoms with van der Waals surface area (Å²) >= 11 is 1.56. The van der Waals surface area contributed by atoms with Crippen molar-refractivity contribution in [2.75, 3.05) is 0 Å². The molecule has 0 bridgehead atoms. The highest BCUT2D eigenvalue weighted by atomic mass is 32.2. The van der Waals surface area contributed by atoms with E-state index in [9.17, 15) is 8.42 Å². The molecule has 118 valence electrons. The zero-order valence-electron chi connectivity index (χ0n) is 12.2. The summed E-state index contributed by atoms with van der Waals surface area (Å²) in [6.45, 7) is 0.119. The third-order valence-corrected chi connectivity index (χ3v) is 5.21. The standard InChI is InChI=1S/C16H15N3O2S2/c20-23(21,12-13-4-2-1-3-5-13)19-10-15-16(18-8-7-17-15)14-6-9-22-11-14/h1-9,11,19H,10,12H2. The monoisotopic (exact) mass is 345 g/mol. The van der Waals surface area contributed by atoms with Crippen molar-refractivity contribution in [3.63, 3.8) is 0 Å². The molecule has 0 fully saturated rings. The Morgan fingerprint density at radius 1 is 1.04 bits per heavy atom. The Labute approximate surface area is 139 Å². The first-order valence-corrected chi connectivity index (χ1v) is 9.57. The van der Waals surface area contributed by atoms with E-state index in [1.54, 1.807) is 35.9 Å². The Hall–Kier alpha value is -2.09. The van der Waals surface area contributed by atoms with Crippen LogP contribution in [0.3, 0.4) is 0 Å². The van der Waals surface area contributed by atoms with Crippen molar-refractivity contribution < 1.29 is 8.42 Å². The van der Waals surface area contributed by atoms with Gasteiger partial charge in [-0.3, -0.25) is 9.97 Å². The zero-order chi connectivity index (χ0) is 16.1. The molecule has 0 saturated carbocycles. The van der Waals surface area contributed by atoms with Crippen molar-refractivity contribution in [1.82, 2.24) is 14.7 Å². The molecule has 0 saturated heterocycles. The molecule has 0 aliphatic carbocycles. The molecule has 0 atom stereocenters. The van der Waals surface area contributed by atoms with E-state index < -0.39 is 10.0 Å². The maximum absolute atomic E-state index is 12.2. The molecule has 2 aromatic heterocycles. The van der Waals surface area contributed by atoms with E-state index in [1.165, 1.54) is 0 Å². The van der Waals surface area contributed by atoms with Crippen LogP contribution in [-0.2, 0) is 22.3 Å². The predicted octanol–water partition coefficient (Wildman–Crippen LogP) is 2.82. The molecule has 3 rings (SSSR count). The summed E-state index contributed by atoms with van der Waals surface area (Å²) in [6.07, 6.45) is 3.17. The highest BCUT2D eigenvalue weighted by Crippen LogP contribution is 2.22. The highest BCUT2D eigenvalue weighted by Gasteiger charge is 2.14. The average Bonchev–Trinajstić information content (AvgIpc) is 3.08. The molecule has 0 amide bonds. The first-order chi connectivity index (χ1) is 11.1. The normalized spacial score (nSPS) is 11.5. The summed E-state index contributed by atoms with van der Waals surface area (Å²) in [6, 6.07) is 11.0. The Bertz CT molecular complexity index is 863. The van der Waals surface area contributed by atoms with E-state index >= 15 is 0 Å². The smallest absolute Gasteiger partial charge is 0.216 e. The van der Waals surface area contributed by atoms with E-state index in [2.05, 4.69) is 14.7 Å². The number of sulfonamides is 1. The Morgan fingerprint density at radius 2 is 1.83 bits per heavy atom. The van der Waals surface area contributed by atoms with E-state index in [0.29, 0.717) is 11.4 Å². The molecular weight excluding hydrogens is 330 g/mol. The maximum atomic E-state index is 12.2. The van der Waals surface area contributed by atoms with Crippen molar-refractivity contribution in [2.45, 2.75) is 12.3 Å². The van der Waals surface area contributed by atoms with Gasteiger partial charge in [0.25, 0.3) is 0 Å².